The lowest BCUT2D eigenvalue weighted by Crippen LogP contribution is -2.38. The van der Waals surface area contributed by atoms with Crippen molar-refractivity contribution in [2.45, 2.75) is 13.8 Å². The smallest absolute Gasteiger partial charge is 0.244 e. The Morgan fingerprint density at radius 1 is 1.04 bits per heavy atom. The number of nitrogens with one attached hydrogen (secondary N) is 2. The van der Waals surface area contributed by atoms with Crippen LogP contribution in [0, 0.1) is 13.8 Å². The minimum Gasteiger partial charge on any atom is -0.376 e. The van der Waals surface area contributed by atoms with Gasteiger partial charge >= 0.3 is 0 Å². The van der Waals surface area contributed by atoms with Gasteiger partial charge in [0.15, 0.2) is 0 Å². The Morgan fingerprint density at radius 2 is 1.68 bits per heavy atom. The van der Waals surface area contributed by atoms with Crippen molar-refractivity contribution in [2.24, 2.45) is 0 Å². The molecule has 2 N–H and O–H groups in total. The van der Waals surface area contributed by atoms with Crippen molar-refractivity contribution < 1.29 is 9.59 Å². The lowest BCUT2D eigenvalue weighted by Gasteiger charge is -2.19. The van der Waals surface area contributed by atoms with Crippen molar-refractivity contribution >= 4 is 39.1 Å². The fraction of sp³-hybridized carbons (Fsp3) is 0.263. The molecule has 0 atom stereocenters. The van der Waals surface area contributed by atoms with Gasteiger partial charge in [-0.15, -0.1) is 0 Å². The maximum Gasteiger partial charge on any atom is 0.244 e. The minimum absolute atomic E-state index is 0.00536. The van der Waals surface area contributed by atoms with Crippen LogP contribution in [0.5, 0.6) is 0 Å². The number of anilines is 2. The molecule has 0 radical (unpaired) electrons. The summed E-state index contributed by atoms with van der Waals surface area (Å²) in [5, 5.41) is 5.95. The SMILES string of the molecule is Cc1cccc(C)c1NCC(=O)N(C)CC(=O)Nc1ccccc1Br. The zero-order valence-electron chi connectivity index (χ0n) is 14.6. The molecule has 0 saturated heterocycles. The topological polar surface area (TPSA) is 61.4 Å². The zero-order valence-corrected chi connectivity index (χ0v) is 16.2. The predicted molar refractivity (Wildman–Crippen MR) is 105 cm³/mol. The van der Waals surface area contributed by atoms with Crippen LogP contribution >= 0.6 is 15.9 Å². The van der Waals surface area contributed by atoms with Gasteiger partial charge in [0.25, 0.3) is 0 Å². The Morgan fingerprint density at radius 3 is 2.32 bits per heavy atom. The zero-order chi connectivity index (χ0) is 18.4. The third-order valence-corrected chi connectivity index (χ3v) is 4.54. The summed E-state index contributed by atoms with van der Waals surface area (Å²) in [6.45, 7) is 4.13. The van der Waals surface area contributed by atoms with Crippen LogP contribution in [0.1, 0.15) is 11.1 Å². The third-order valence-electron chi connectivity index (χ3n) is 3.85. The average molecular weight is 404 g/mol. The Hall–Kier alpha value is -2.34. The number of rotatable bonds is 6. The van der Waals surface area contributed by atoms with Gasteiger partial charge in [-0.05, 0) is 53.0 Å². The molecule has 0 heterocycles. The summed E-state index contributed by atoms with van der Waals surface area (Å²) in [5.74, 6) is -0.389. The summed E-state index contributed by atoms with van der Waals surface area (Å²) in [6.07, 6.45) is 0. The van der Waals surface area contributed by atoms with E-state index in [0.29, 0.717) is 5.69 Å². The molecule has 2 rings (SSSR count). The molecule has 2 amide bonds. The average Bonchev–Trinajstić information content (AvgIpc) is 2.56. The first-order chi connectivity index (χ1) is 11.9. The first-order valence-corrected chi connectivity index (χ1v) is 8.76. The van der Waals surface area contributed by atoms with Gasteiger partial charge in [0.05, 0.1) is 18.8 Å². The summed E-state index contributed by atoms with van der Waals surface area (Å²) >= 11 is 3.38. The normalized spacial score (nSPS) is 10.2. The van der Waals surface area contributed by atoms with E-state index in [2.05, 4.69) is 26.6 Å². The highest BCUT2D eigenvalue weighted by molar-refractivity contribution is 9.10. The molecule has 0 aliphatic heterocycles. The molecule has 5 nitrogen and oxygen atoms in total. The standard InChI is InChI=1S/C19H22BrN3O2/c1-13-7-6-8-14(2)19(13)21-11-18(25)23(3)12-17(24)22-16-10-5-4-9-15(16)20/h4-10,21H,11-12H2,1-3H3,(H,22,24). The quantitative estimate of drug-likeness (QED) is 0.774. The fourth-order valence-corrected chi connectivity index (χ4v) is 2.83. The van der Waals surface area contributed by atoms with Gasteiger partial charge in [-0.2, -0.15) is 0 Å². The summed E-state index contributed by atoms with van der Waals surface area (Å²) in [5.41, 5.74) is 3.81. The van der Waals surface area contributed by atoms with Gasteiger partial charge in [-0.25, -0.2) is 0 Å². The molecule has 0 aliphatic rings. The number of nitrogens with zero attached hydrogens (tertiary/aromatic N) is 1. The van der Waals surface area contributed by atoms with E-state index in [0.717, 1.165) is 21.3 Å². The first kappa shape index (κ1) is 19.0. The molecule has 0 fully saturated rings. The van der Waals surface area contributed by atoms with Crippen LogP contribution in [0.4, 0.5) is 11.4 Å². The third kappa shape index (κ3) is 5.32. The first-order valence-electron chi connectivity index (χ1n) is 7.97. The van der Waals surface area contributed by atoms with Crippen molar-refractivity contribution in [2.75, 3.05) is 30.8 Å². The molecule has 0 spiro atoms. The van der Waals surface area contributed by atoms with Gasteiger partial charge in [-0.1, -0.05) is 30.3 Å². The summed E-state index contributed by atoms with van der Waals surface area (Å²) < 4.78 is 0.800. The van der Waals surface area contributed by atoms with Crippen molar-refractivity contribution in [3.05, 3.63) is 58.1 Å². The number of carbonyl (C=O) groups is 2. The maximum atomic E-state index is 12.3. The Bertz CT molecular complexity index is 757. The molecule has 0 saturated carbocycles. The molecular formula is C19H22BrN3O2. The Kier molecular flexibility index (Phi) is 6.58. The highest BCUT2D eigenvalue weighted by atomic mass is 79.9. The molecule has 25 heavy (non-hydrogen) atoms. The van der Waals surface area contributed by atoms with Crippen LogP contribution < -0.4 is 10.6 Å². The number of carbonyl (C=O) groups excluding carboxylic acids is 2. The minimum atomic E-state index is -0.241. The molecular weight excluding hydrogens is 382 g/mol. The molecule has 132 valence electrons. The van der Waals surface area contributed by atoms with Gasteiger partial charge in [0, 0.05) is 17.2 Å². The van der Waals surface area contributed by atoms with Crippen molar-refractivity contribution in [3.63, 3.8) is 0 Å². The highest BCUT2D eigenvalue weighted by Gasteiger charge is 2.14. The second-order valence-corrected chi connectivity index (χ2v) is 6.75. The van der Waals surface area contributed by atoms with Gasteiger partial charge in [-0.3, -0.25) is 9.59 Å². The van der Waals surface area contributed by atoms with Crippen LogP contribution in [0.2, 0.25) is 0 Å². The monoisotopic (exact) mass is 403 g/mol. The molecule has 0 unspecified atom stereocenters. The summed E-state index contributed by atoms with van der Waals surface area (Å²) in [4.78, 5) is 25.8. The number of amides is 2. The molecule has 2 aromatic rings. The van der Waals surface area contributed by atoms with E-state index in [1.54, 1.807) is 13.1 Å². The van der Waals surface area contributed by atoms with Crippen molar-refractivity contribution in [1.29, 1.82) is 0 Å². The van der Waals surface area contributed by atoms with E-state index in [9.17, 15) is 9.59 Å². The van der Waals surface area contributed by atoms with E-state index in [-0.39, 0.29) is 24.9 Å². The van der Waals surface area contributed by atoms with Crippen molar-refractivity contribution in [3.8, 4) is 0 Å². The van der Waals surface area contributed by atoms with E-state index in [1.165, 1.54) is 4.90 Å². The summed E-state index contributed by atoms with van der Waals surface area (Å²) in [7, 11) is 1.62. The van der Waals surface area contributed by atoms with Crippen LogP contribution in [-0.4, -0.2) is 36.9 Å². The van der Waals surface area contributed by atoms with E-state index < -0.39 is 0 Å². The van der Waals surface area contributed by atoms with E-state index >= 15 is 0 Å². The number of hydrogen-bond donors (Lipinski definition) is 2. The molecule has 0 aromatic heterocycles. The summed E-state index contributed by atoms with van der Waals surface area (Å²) in [6, 6.07) is 13.3. The van der Waals surface area contributed by atoms with Crippen molar-refractivity contribution in [1.82, 2.24) is 4.90 Å². The van der Waals surface area contributed by atoms with E-state index in [4.69, 9.17) is 0 Å². The van der Waals surface area contributed by atoms with Crippen LogP contribution in [0.3, 0.4) is 0 Å². The number of benzene rings is 2. The molecule has 0 aliphatic carbocycles. The number of para-hydroxylation sites is 2. The Balaban J connectivity index is 1.88. The maximum absolute atomic E-state index is 12.3. The lowest BCUT2D eigenvalue weighted by atomic mass is 10.1. The van der Waals surface area contributed by atoms with Gasteiger partial charge in [0.1, 0.15) is 0 Å². The molecule has 2 aromatic carbocycles. The number of likely N-dealkylation sites (N-methyl/N-ethyl adjacent to an activating group) is 1. The second kappa shape index (κ2) is 8.67. The van der Waals surface area contributed by atoms with Crippen LogP contribution in [0.15, 0.2) is 46.9 Å². The Labute approximate surface area is 156 Å². The second-order valence-electron chi connectivity index (χ2n) is 5.90. The highest BCUT2D eigenvalue weighted by Crippen LogP contribution is 2.21. The molecule has 0 bridgehead atoms. The predicted octanol–water partition coefficient (Wildman–Crippen LogP) is 3.57. The van der Waals surface area contributed by atoms with E-state index in [1.807, 2.05) is 50.2 Å². The van der Waals surface area contributed by atoms with Gasteiger partial charge < -0.3 is 15.5 Å². The van der Waals surface area contributed by atoms with Gasteiger partial charge in [0.2, 0.25) is 11.8 Å². The van der Waals surface area contributed by atoms with Crippen LogP contribution in [0.25, 0.3) is 0 Å². The fourth-order valence-electron chi connectivity index (χ4n) is 2.45. The number of halogens is 1. The lowest BCUT2D eigenvalue weighted by molar-refractivity contribution is -0.131. The number of aryl methyl sites for hydroxylation is 2. The number of hydrogen-bond acceptors (Lipinski definition) is 3. The van der Waals surface area contributed by atoms with Crippen LogP contribution in [-0.2, 0) is 9.59 Å². The largest absolute Gasteiger partial charge is 0.376 e. The molecule has 6 heteroatoms.